The summed E-state index contributed by atoms with van der Waals surface area (Å²) in [5, 5.41) is 2.97. The van der Waals surface area contributed by atoms with E-state index in [4.69, 9.17) is 0 Å². The molecule has 0 radical (unpaired) electrons. The fourth-order valence-corrected chi connectivity index (χ4v) is 3.60. The first-order valence-corrected chi connectivity index (χ1v) is 7.57. The van der Waals surface area contributed by atoms with Crippen molar-refractivity contribution in [2.45, 2.75) is 6.92 Å². The molecule has 2 aromatic heterocycles. The van der Waals surface area contributed by atoms with E-state index in [1.54, 1.807) is 12.4 Å². The molecule has 3 heteroatoms. The van der Waals surface area contributed by atoms with Crippen LogP contribution < -0.4 is 0 Å². The smallest absolute Gasteiger partial charge is 0.198 e. The van der Waals surface area contributed by atoms with Crippen LogP contribution in [-0.4, -0.2) is 15.8 Å². The predicted molar refractivity (Wildman–Crippen MR) is 90.6 cm³/mol. The molecule has 0 aliphatic heterocycles. The second kappa shape index (κ2) is 4.23. The molecule has 4 aromatic rings. The number of rotatable bonds is 0. The average Bonchev–Trinajstić information content (AvgIpc) is 2.89. The number of carbonyl (C=O) groups excluding carboxylic acids is 1. The molecule has 0 N–H and O–H groups in total. The first-order valence-electron chi connectivity index (χ1n) is 7.57. The number of aromatic nitrogens is 2. The molecule has 3 nitrogen and oxygen atoms in total. The van der Waals surface area contributed by atoms with Gasteiger partial charge in [0.1, 0.15) is 0 Å². The van der Waals surface area contributed by atoms with Gasteiger partial charge < -0.3 is 0 Å². The Bertz CT molecular complexity index is 1150. The summed E-state index contributed by atoms with van der Waals surface area (Å²) in [5.74, 6) is 0.0340. The lowest BCUT2D eigenvalue weighted by Crippen LogP contribution is -1.99. The molecule has 0 saturated heterocycles. The molecule has 0 spiro atoms. The van der Waals surface area contributed by atoms with Gasteiger partial charge in [0.2, 0.25) is 0 Å². The van der Waals surface area contributed by atoms with Crippen molar-refractivity contribution in [1.82, 2.24) is 9.97 Å². The predicted octanol–water partition coefficient (Wildman–Crippen LogP) is 4.30. The summed E-state index contributed by atoms with van der Waals surface area (Å²) in [6, 6.07) is 13.9. The first kappa shape index (κ1) is 12.5. The molecule has 1 aliphatic carbocycles. The third-order valence-electron chi connectivity index (χ3n) is 4.58. The Morgan fingerprint density at radius 2 is 1.70 bits per heavy atom. The highest BCUT2D eigenvalue weighted by atomic mass is 16.1. The number of hydrogen-bond acceptors (Lipinski definition) is 3. The average molecular weight is 296 g/mol. The molecule has 0 amide bonds. The Hall–Kier alpha value is -3.07. The minimum atomic E-state index is 0.0340. The van der Waals surface area contributed by atoms with Crippen LogP contribution in [0.4, 0.5) is 0 Å². The largest absolute Gasteiger partial charge is 0.288 e. The van der Waals surface area contributed by atoms with Gasteiger partial charge in [-0.2, -0.15) is 0 Å². The van der Waals surface area contributed by atoms with Gasteiger partial charge in [0.15, 0.2) is 5.78 Å². The second-order valence-electron chi connectivity index (χ2n) is 5.92. The van der Waals surface area contributed by atoms with Crippen molar-refractivity contribution in [3.63, 3.8) is 0 Å². The van der Waals surface area contributed by atoms with Gasteiger partial charge in [0.05, 0.1) is 16.8 Å². The molecule has 5 rings (SSSR count). The van der Waals surface area contributed by atoms with Gasteiger partial charge in [-0.3, -0.25) is 14.8 Å². The van der Waals surface area contributed by atoms with E-state index in [1.165, 1.54) is 0 Å². The van der Waals surface area contributed by atoms with E-state index in [9.17, 15) is 4.79 Å². The second-order valence-corrected chi connectivity index (χ2v) is 5.92. The summed E-state index contributed by atoms with van der Waals surface area (Å²) < 4.78 is 0. The quantitative estimate of drug-likeness (QED) is 0.428. The van der Waals surface area contributed by atoms with Crippen molar-refractivity contribution in [2.24, 2.45) is 0 Å². The van der Waals surface area contributed by atoms with Crippen LogP contribution in [0.25, 0.3) is 32.9 Å². The third-order valence-corrected chi connectivity index (χ3v) is 4.58. The maximum absolute atomic E-state index is 13.2. The highest BCUT2D eigenvalue weighted by molar-refractivity contribution is 6.31. The molecule has 2 aromatic carbocycles. The zero-order valence-electron chi connectivity index (χ0n) is 12.5. The van der Waals surface area contributed by atoms with Crippen LogP contribution in [0.15, 0.2) is 54.9 Å². The van der Waals surface area contributed by atoms with E-state index >= 15 is 0 Å². The zero-order valence-corrected chi connectivity index (χ0v) is 12.5. The topological polar surface area (TPSA) is 42.9 Å². The van der Waals surface area contributed by atoms with Gasteiger partial charge in [-0.25, -0.2) is 0 Å². The molecular weight excluding hydrogens is 284 g/mol. The normalized spacial score (nSPS) is 12.7. The summed E-state index contributed by atoms with van der Waals surface area (Å²) in [6.07, 6.45) is 3.53. The van der Waals surface area contributed by atoms with Crippen LogP contribution in [0.2, 0.25) is 0 Å². The minimum absolute atomic E-state index is 0.0340. The van der Waals surface area contributed by atoms with Crippen molar-refractivity contribution in [3.8, 4) is 11.3 Å². The van der Waals surface area contributed by atoms with Crippen molar-refractivity contribution >= 4 is 27.5 Å². The van der Waals surface area contributed by atoms with E-state index in [1.807, 2.05) is 43.3 Å². The molecule has 2 heterocycles. The number of aryl methyl sites for hydroxylation is 1. The number of carbonyl (C=O) groups is 1. The van der Waals surface area contributed by atoms with E-state index < -0.39 is 0 Å². The van der Waals surface area contributed by atoms with Crippen LogP contribution >= 0.6 is 0 Å². The van der Waals surface area contributed by atoms with Crippen LogP contribution in [0.3, 0.4) is 0 Å². The molecular formula is C20H12N2O. The van der Waals surface area contributed by atoms with Crippen molar-refractivity contribution in [3.05, 3.63) is 71.5 Å². The number of pyridine rings is 2. The third kappa shape index (κ3) is 1.51. The lowest BCUT2D eigenvalue weighted by atomic mass is 9.96. The zero-order chi connectivity index (χ0) is 15.6. The van der Waals surface area contributed by atoms with E-state index in [2.05, 4.69) is 16.0 Å². The molecule has 1 aliphatic rings. The number of fused-ring (bicyclic) bond motifs is 7. The van der Waals surface area contributed by atoms with Crippen LogP contribution in [0.1, 0.15) is 21.5 Å². The molecule has 23 heavy (non-hydrogen) atoms. The Morgan fingerprint density at radius 3 is 2.61 bits per heavy atom. The highest BCUT2D eigenvalue weighted by Gasteiger charge is 2.33. The van der Waals surface area contributed by atoms with Crippen molar-refractivity contribution in [2.75, 3.05) is 0 Å². The van der Waals surface area contributed by atoms with Gasteiger partial charge in [-0.1, -0.05) is 30.3 Å². The Morgan fingerprint density at radius 1 is 0.870 bits per heavy atom. The molecule has 0 bridgehead atoms. The Balaban J connectivity index is 1.99. The highest BCUT2D eigenvalue weighted by Crippen LogP contribution is 2.43. The summed E-state index contributed by atoms with van der Waals surface area (Å²) in [4.78, 5) is 22.2. The maximum atomic E-state index is 13.2. The lowest BCUT2D eigenvalue weighted by Gasteiger charge is -2.08. The maximum Gasteiger partial charge on any atom is 0.198 e. The number of benzene rings is 2. The summed E-state index contributed by atoms with van der Waals surface area (Å²) in [6.45, 7) is 2.04. The van der Waals surface area contributed by atoms with Gasteiger partial charge in [-0.05, 0) is 35.4 Å². The van der Waals surface area contributed by atoms with Gasteiger partial charge >= 0.3 is 0 Å². The van der Waals surface area contributed by atoms with Gasteiger partial charge in [-0.15, -0.1) is 0 Å². The van der Waals surface area contributed by atoms with Gasteiger partial charge in [0.25, 0.3) is 0 Å². The first-order chi connectivity index (χ1) is 11.3. The Labute approximate surface area is 132 Å². The standard InChI is InChI=1S/C20H12N2O/c1-11-9-12-5-2-3-7-14(12)16-15(11)19-17(20(16)23)18-13(10-22-19)6-4-8-21-18/h2-10H,1H3. The van der Waals surface area contributed by atoms with Crippen molar-refractivity contribution < 1.29 is 4.79 Å². The molecule has 0 saturated carbocycles. The number of nitrogens with zero attached hydrogens (tertiary/aromatic N) is 2. The molecule has 108 valence electrons. The fourth-order valence-electron chi connectivity index (χ4n) is 3.60. The van der Waals surface area contributed by atoms with E-state index in [-0.39, 0.29) is 5.78 Å². The van der Waals surface area contributed by atoms with E-state index in [0.29, 0.717) is 5.56 Å². The van der Waals surface area contributed by atoms with E-state index in [0.717, 1.165) is 44.1 Å². The van der Waals surface area contributed by atoms with Crippen molar-refractivity contribution in [1.29, 1.82) is 0 Å². The summed E-state index contributed by atoms with van der Waals surface area (Å²) in [7, 11) is 0. The monoisotopic (exact) mass is 296 g/mol. The van der Waals surface area contributed by atoms with Crippen LogP contribution in [-0.2, 0) is 0 Å². The SMILES string of the molecule is Cc1cc2ccccc2c2c1-c1ncc3cccnc3c1C2=O. The summed E-state index contributed by atoms with van der Waals surface area (Å²) >= 11 is 0. The fraction of sp³-hybridized carbons (Fsp3) is 0.0500. The summed E-state index contributed by atoms with van der Waals surface area (Å²) in [5.41, 5.74) is 4.94. The number of hydrogen-bond donors (Lipinski definition) is 0. The van der Waals surface area contributed by atoms with Crippen LogP contribution in [0, 0.1) is 6.92 Å². The van der Waals surface area contributed by atoms with Gasteiger partial charge in [0, 0.05) is 28.9 Å². The minimum Gasteiger partial charge on any atom is -0.288 e. The number of ketones is 1. The lowest BCUT2D eigenvalue weighted by molar-refractivity contribution is 0.104. The van der Waals surface area contributed by atoms with Crippen LogP contribution in [0.5, 0.6) is 0 Å². The molecule has 0 fully saturated rings. The Kier molecular flexibility index (Phi) is 2.29. The molecule has 0 unspecified atom stereocenters. The molecule has 0 atom stereocenters.